The van der Waals surface area contributed by atoms with Gasteiger partial charge in [0.05, 0.1) is 0 Å². The summed E-state index contributed by atoms with van der Waals surface area (Å²) in [5, 5.41) is 3.10. The molecule has 0 spiro atoms. The third kappa shape index (κ3) is 7.28. The summed E-state index contributed by atoms with van der Waals surface area (Å²) in [6.45, 7) is 6.04. The van der Waals surface area contributed by atoms with Gasteiger partial charge in [0, 0.05) is 13.0 Å². The van der Waals surface area contributed by atoms with E-state index in [4.69, 9.17) is 5.73 Å². The van der Waals surface area contributed by atoms with Crippen molar-refractivity contribution in [2.45, 2.75) is 71.6 Å². The Balaban J connectivity index is 2.09. The number of carbonyl (C=O) groups excluding carboxylic acids is 1. The molecule has 1 fully saturated rings. The number of carbonyl (C=O) groups is 1. The molecule has 3 N–H and O–H groups in total. The molecule has 1 aliphatic rings. The highest BCUT2D eigenvalue weighted by molar-refractivity contribution is 5.75. The summed E-state index contributed by atoms with van der Waals surface area (Å²) in [7, 11) is 0. The standard InChI is InChI=1S/C17H34N2O/c1-14(2)16(10-12-18)8-9-17(20)19-13-11-15-6-4-3-5-7-15/h14-16H,3-13,18H2,1-2H3,(H,19,20). The number of rotatable bonds is 9. The first-order chi connectivity index (χ1) is 9.63. The Morgan fingerprint density at radius 3 is 2.50 bits per heavy atom. The van der Waals surface area contributed by atoms with Crippen molar-refractivity contribution >= 4 is 5.91 Å². The Kier molecular flexibility index (Phi) is 8.92. The van der Waals surface area contributed by atoms with Crippen molar-refractivity contribution in [3.8, 4) is 0 Å². The summed E-state index contributed by atoms with van der Waals surface area (Å²) in [5.74, 6) is 2.28. The lowest BCUT2D eigenvalue weighted by Crippen LogP contribution is -2.27. The molecule has 1 rings (SSSR count). The van der Waals surface area contributed by atoms with Crippen LogP contribution < -0.4 is 11.1 Å². The van der Waals surface area contributed by atoms with Gasteiger partial charge in [0.25, 0.3) is 0 Å². The molecule has 0 aromatic carbocycles. The van der Waals surface area contributed by atoms with Crippen LogP contribution in [0.1, 0.15) is 71.6 Å². The van der Waals surface area contributed by atoms with E-state index in [1.807, 2.05) is 0 Å². The largest absolute Gasteiger partial charge is 0.356 e. The van der Waals surface area contributed by atoms with Crippen molar-refractivity contribution in [2.75, 3.05) is 13.1 Å². The second kappa shape index (κ2) is 10.2. The fraction of sp³-hybridized carbons (Fsp3) is 0.941. The summed E-state index contributed by atoms with van der Waals surface area (Å²) in [5.41, 5.74) is 5.64. The van der Waals surface area contributed by atoms with E-state index in [1.54, 1.807) is 0 Å². The van der Waals surface area contributed by atoms with Crippen LogP contribution in [0.5, 0.6) is 0 Å². The van der Waals surface area contributed by atoms with E-state index in [9.17, 15) is 4.79 Å². The molecule has 20 heavy (non-hydrogen) atoms. The number of amides is 1. The van der Waals surface area contributed by atoms with Gasteiger partial charge in [0.15, 0.2) is 0 Å². The van der Waals surface area contributed by atoms with Gasteiger partial charge in [-0.2, -0.15) is 0 Å². The van der Waals surface area contributed by atoms with Gasteiger partial charge in [0.2, 0.25) is 5.91 Å². The van der Waals surface area contributed by atoms with Gasteiger partial charge >= 0.3 is 0 Å². The summed E-state index contributed by atoms with van der Waals surface area (Å²) in [4.78, 5) is 11.9. The second-order valence-corrected chi connectivity index (χ2v) is 6.76. The van der Waals surface area contributed by atoms with Crippen LogP contribution in [0.15, 0.2) is 0 Å². The minimum absolute atomic E-state index is 0.225. The number of nitrogens with two attached hydrogens (primary N) is 1. The quantitative estimate of drug-likeness (QED) is 0.680. The van der Waals surface area contributed by atoms with Crippen LogP contribution in [0.25, 0.3) is 0 Å². The average molecular weight is 282 g/mol. The average Bonchev–Trinajstić information content (AvgIpc) is 2.44. The van der Waals surface area contributed by atoms with Crippen LogP contribution in [0.4, 0.5) is 0 Å². The molecule has 0 radical (unpaired) electrons. The fourth-order valence-corrected chi connectivity index (χ4v) is 3.32. The zero-order valence-electron chi connectivity index (χ0n) is 13.5. The van der Waals surface area contributed by atoms with Gasteiger partial charge in [-0.25, -0.2) is 0 Å². The molecule has 118 valence electrons. The van der Waals surface area contributed by atoms with Crippen LogP contribution in [0.2, 0.25) is 0 Å². The number of nitrogens with one attached hydrogen (secondary N) is 1. The van der Waals surface area contributed by atoms with E-state index in [2.05, 4.69) is 19.2 Å². The highest BCUT2D eigenvalue weighted by Crippen LogP contribution is 2.25. The molecule has 3 heteroatoms. The molecule has 1 amide bonds. The van der Waals surface area contributed by atoms with Crippen LogP contribution in [0.3, 0.4) is 0 Å². The first kappa shape index (κ1) is 17.5. The fourth-order valence-electron chi connectivity index (χ4n) is 3.32. The summed E-state index contributed by atoms with van der Waals surface area (Å²) >= 11 is 0. The Hall–Kier alpha value is -0.570. The molecule has 1 atom stereocenters. The smallest absolute Gasteiger partial charge is 0.220 e. The first-order valence-electron chi connectivity index (χ1n) is 8.60. The van der Waals surface area contributed by atoms with Gasteiger partial charge in [-0.15, -0.1) is 0 Å². The lowest BCUT2D eigenvalue weighted by Gasteiger charge is -2.22. The minimum atomic E-state index is 0.225. The first-order valence-corrected chi connectivity index (χ1v) is 8.60. The van der Waals surface area contributed by atoms with Crippen molar-refractivity contribution < 1.29 is 4.79 Å². The molecule has 1 unspecified atom stereocenters. The van der Waals surface area contributed by atoms with Crippen LogP contribution in [-0.2, 0) is 4.79 Å². The van der Waals surface area contributed by atoms with Crippen molar-refractivity contribution in [3.63, 3.8) is 0 Å². The normalized spacial score (nSPS) is 18.2. The lowest BCUT2D eigenvalue weighted by atomic mass is 9.87. The molecule has 3 nitrogen and oxygen atoms in total. The van der Waals surface area contributed by atoms with Gasteiger partial charge in [-0.1, -0.05) is 46.0 Å². The summed E-state index contributed by atoms with van der Waals surface area (Å²) in [6, 6.07) is 0. The molecule has 0 saturated heterocycles. The topological polar surface area (TPSA) is 55.1 Å². The molecule has 0 aromatic heterocycles. The Labute approximate surface area is 125 Å². The molecular weight excluding hydrogens is 248 g/mol. The molecule has 0 heterocycles. The van der Waals surface area contributed by atoms with E-state index < -0.39 is 0 Å². The summed E-state index contributed by atoms with van der Waals surface area (Å²) < 4.78 is 0. The van der Waals surface area contributed by atoms with Crippen molar-refractivity contribution in [3.05, 3.63) is 0 Å². The van der Waals surface area contributed by atoms with E-state index in [-0.39, 0.29) is 5.91 Å². The van der Waals surface area contributed by atoms with Crippen LogP contribution in [0, 0.1) is 17.8 Å². The minimum Gasteiger partial charge on any atom is -0.356 e. The highest BCUT2D eigenvalue weighted by Gasteiger charge is 2.15. The molecule has 0 aromatic rings. The monoisotopic (exact) mass is 282 g/mol. The molecule has 1 saturated carbocycles. The van der Waals surface area contributed by atoms with E-state index in [1.165, 1.54) is 38.5 Å². The summed E-state index contributed by atoms with van der Waals surface area (Å²) in [6.07, 6.45) is 10.7. The maximum Gasteiger partial charge on any atom is 0.220 e. The van der Waals surface area contributed by atoms with Gasteiger partial charge in [-0.05, 0) is 43.6 Å². The van der Waals surface area contributed by atoms with Gasteiger partial charge in [0.1, 0.15) is 0 Å². The molecule has 0 aliphatic heterocycles. The van der Waals surface area contributed by atoms with Crippen molar-refractivity contribution in [1.29, 1.82) is 0 Å². The zero-order valence-corrected chi connectivity index (χ0v) is 13.5. The third-order valence-electron chi connectivity index (χ3n) is 4.82. The highest BCUT2D eigenvalue weighted by atomic mass is 16.1. The van der Waals surface area contributed by atoms with Gasteiger partial charge < -0.3 is 11.1 Å². The number of hydrogen-bond acceptors (Lipinski definition) is 2. The number of hydrogen-bond donors (Lipinski definition) is 2. The van der Waals surface area contributed by atoms with Crippen LogP contribution >= 0.6 is 0 Å². The van der Waals surface area contributed by atoms with E-state index in [0.29, 0.717) is 18.3 Å². The van der Waals surface area contributed by atoms with E-state index >= 15 is 0 Å². The van der Waals surface area contributed by atoms with E-state index in [0.717, 1.165) is 31.8 Å². The Bertz CT molecular complexity index is 260. The SMILES string of the molecule is CC(C)C(CCN)CCC(=O)NCCC1CCCCC1. The molecular formula is C17H34N2O. The zero-order chi connectivity index (χ0) is 14.8. The van der Waals surface area contributed by atoms with Crippen LogP contribution in [-0.4, -0.2) is 19.0 Å². The predicted molar refractivity (Wildman–Crippen MR) is 85.4 cm³/mol. The Morgan fingerprint density at radius 2 is 1.90 bits per heavy atom. The Morgan fingerprint density at radius 1 is 1.20 bits per heavy atom. The molecule has 1 aliphatic carbocycles. The molecule has 0 bridgehead atoms. The van der Waals surface area contributed by atoms with Crippen molar-refractivity contribution in [2.24, 2.45) is 23.5 Å². The van der Waals surface area contributed by atoms with Gasteiger partial charge in [-0.3, -0.25) is 4.79 Å². The predicted octanol–water partition coefficient (Wildman–Crippen LogP) is 3.47. The maximum absolute atomic E-state index is 11.9. The lowest BCUT2D eigenvalue weighted by molar-refractivity contribution is -0.121. The van der Waals surface area contributed by atoms with Crippen molar-refractivity contribution in [1.82, 2.24) is 5.32 Å². The second-order valence-electron chi connectivity index (χ2n) is 6.76. The maximum atomic E-state index is 11.9. The third-order valence-corrected chi connectivity index (χ3v) is 4.82.